The van der Waals surface area contributed by atoms with Crippen molar-refractivity contribution >= 4 is 22.5 Å². The van der Waals surface area contributed by atoms with Crippen molar-refractivity contribution in [1.82, 2.24) is 20.2 Å². The Labute approximate surface area is 204 Å². The lowest BCUT2D eigenvalue weighted by Gasteiger charge is -2.39. The van der Waals surface area contributed by atoms with E-state index >= 15 is 0 Å². The average molecular weight is 482 g/mol. The number of piperazine rings is 1. The molecule has 2 aromatic carbocycles. The molecule has 1 aliphatic rings. The molecule has 2 N–H and O–H groups in total. The number of amides is 1. The van der Waals surface area contributed by atoms with E-state index in [1.807, 2.05) is 32.0 Å². The van der Waals surface area contributed by atoms with Crippen LogP contribution in [0.1, 0.15) is 27.7 Å². The van der Waals surface area contributed by atoms with Gasteiger partial charge in [-0.25, -0.2) is 9.37 Å². The van der Waals surface area contributed by atoms with Gasteiger partial charge in [-0.3, -0.25) is 14.2 Å². The normalized spacial score (nSPS) is 18.2. The van der Waals surface area contributed by atoms with Gasteiger partial charge in [0.25, 0.3) is 5.56 Å². The molecule has 4 rings (SSSR count). The van der Waals surface area contributed by atoms with Gasteiger partial charge in [-0.2, -0.15) is 0 Å². The first-order chi connectivity index (χ1) is 16.7. The topological polar surface area (TPSA) is 88.5 Å². The number of nitrogens with one attached hydrogen (secondary N) is 2. The highest BCUT2D eigenvalue weighted by Gasteiger charge is 2.24. The van der Waals surface area contributed by atoms with Crippen molar-refractivity contribution < 1.29 is 13.9 Å². The molecule has 1 aromatic heterocycles. The predicted molar refractivity (Wildman–Crippen MR) is 136 cm³/mol. The van der Waals surface area contributed by atoms with Gasteiger partial charge in [0.1, 0.15) is 12.4 Å². The van der Waals surface area contributed by atoms with E-state index in [2.05, 4.69) is 29.4 Å². The summed E-state index contributed by atoms with van der Waals surface area (Å²) >= 11 is 0. The Hall–Kier alpha value is -3.46. The summed E-state index contributed by atoms with van der Waals surface area (Å²) in [6, 6.07) is 10.4. The molecule has 0 radical (unpaired) electrons. The lowest BCUT2D eigenvalue weighted by molar-refractivity contribution is -0.122. The van der Waals surface area contributed by atoms with Crippen molar-refractivity contribution in [3.05, 3.63) is 52.6 Å². The van der Waals surface area contributed by atoms with Gasteiger partial charge in [0.2, 0.25) is 5.91 Å². The van der Waals surface area contributed by atoms with Crippen molar-refractivity contribution in [3.63, 3.8) is 0 Å². The van der Waals surface area contributed by atoms with Crippen LogP contribution in [0.5, 0.6) is 5.75 Å². The van der Waals surface area contributed by atoms with Crippen molar-refractivity contribution in [1.29, 1.82) is 0 Å². The molecule has 2 heterocycles. The number of methoxy groups -OCH3 is 1. The van der Waals surface area contributed by atoms with Crippen LogP contribution in [0.2, 0.25) is 0 Å². The van der Waals surface area contributed by atoms with Crippen LogP contribution in [-0.4, -0.2) is 53.8 Å². The van der Waals surface area contributed by atoms with Gasteiger partial charge in [0.15, 0.2) is 11.6 Å². The van der Waals surface area contributed by atoms with Crippen LogP contribution in [0.3, 0.4) is 0 Å². The fraction of sp³-hybridized carbons (Fsp3) is 0.423. The molecule has 35 heavy (non-hydrogen) atoms. The summed E-state index contributed by atoms with van der Waals surface area (Å²) in [5.74, 6) is -0.518. The number of hydrogen-bond acceptors (Lipinski definition) is 6. The van der Waals surface area contributed by atoms with Gasteiger partial charge in [0.05, 0.1) is 18.0 Å². The van der Waals surface area contributed by atoms with Crippen molar-refractivity contribution in [3.8, 4) is 17.1 Å². The second kappa shape index (κ2) is 10.0. The largest absolute Gasteiger partial charge is 0.494 e. The molecule has 1 aliphatic heterocycles. The van der Waals surface area contributed by atoms with Crippen molar-refractivity contribution in [2.24, 2.45) is 0 Å². The molecule has 2 atom stereocenters. The quantitative estimate of drug-likeness (QED) is 0.563. The van der Waals surface area contributed by atoms with E-state index in [0.717, 1.165) is 18.8 Å². The van der Waals surface area contributed by atoms with Gasteiger partial charge in [0, 0.05) is 42.5 Å². The number of carbonyl (C=O) groups is 1. The van der Waals surface area contributed by atoms with E-state index < -0.39 is 5.82 Å². The molecule has 2 unspecified atom stereocenters. The van der Waals surface area contributed by atoms with Gasteiger partial charge < -0.3 is 20.3 Å². The molecule has 3 aromatic rings. The number of ether oxygens (including phenoxy) is 1. The zero-order chi connectivity index (χ0) is 25.3. The Morgan fingerprint density at radius 2 is 2.03 bits per heavy atom. The third kappa shape index (κ3) is 5.14. The Kier molecular flexibility index (Phi) is 7.07. The Morgan fingerprint density at radius 1 is 1.26 bits per heavy atom. The van der Waals surface area contributed by atoms with Crippen LogP contribution in [0, 0.1) is 5.82 Å². The standard InChI is InChI=1S/C26H32FN5O3/c1-15(2)29-24(33)14-32-25(18-6-8-21(27)23(10-18)35-5)30-22-9-7-19(11-20(22)26(32)34)31-13-16(3)28-12-17(31)4/h6-11,15-17,28H,12-14H2,1-5H3,(H,29,33). The molecule has 186 valence electrons. The molecule has 1 fully saturated rings. The van der Waals surface area contributed by atoms with Crippen LogP contribution >= 0.6 is 0 Å². The predicted octanol–water partition coefficient (Wildman–Crippen LogP) is 2.92. The first kappa shape index (κ1) is 24.7. The highest BCUT2D eigenvalue weighted by Crippen LogP contribution is 2.28. The molecule has 0 aliphatic carbocycles. The molecule has 0 saturated carbocycles. The second-order valence-corrected chi connectivity index (χ2v) is 9.41. The van der Waals surface area contributed by atoms with Crippen LogP contribution in [-0.2, 0) is 11.3 Å². The van der Waals surface area contributed by atoms with Gasteiger partial charge in [-0.15, -0.1) is 0 Å². The van der Waals surface area contributed by atoms with Crippen molar-refractivity contribution in [2.75, 3.05) is 25.1 Å². The molecule has 1 amide bonds. The zero-order valence-electron chi connectivity index (χ0n) is 20.8. The van der Waals surface area contributed by atoms with Gasteiger partial charge >= 0.3 is 0 Å². The molecular formula is C26H32FN5O3. The maximum absolute atomic E-state index is 14.1. The SMILES string of the molecule is COc1cc(-c2nc3ccc(N4CC(C)NCC4C)cc3c(=O)n2CC(=O)NC(C)C)ccc1F. The zero-order valence-corrected chi connectivity index (χ0v) is 20.8. The lowest BCUT2D eigenvalue weighted by atomic mass is 10.1. The maximum atomic E-state index is 14.1. The number of hydrogen-bond donors (Lipinski definition) is 2. The second-order valence-electron chi connectivity index (χ2n) is 9.41. The van der Waals surface area contributed by atoms with Crippen LogP contribution in [0.25, 0.3) is 22.3 Å². The molecule has 0 spiro atoms. The number of fused-ring (bicyclic) bond motifs is 1. The summed E-state index contributed by atoms with van der Waals surface area (Å²) in [6.45, 7) is 9.44. The summed E-state index contributed by atoms with van der Waals surface area (Å²) in [5, 5.41) is 6.72. The molecule has 0 bridgehead atoms. The average Bonchev–Trinajstić information content (AvgIpc) is 2.82. The van der Waals surface area contributed by atoms with E-state index in [-0.39, 0.29) is 41.7 Å². The van der Waals surface area contributed by atoms with E-state index in [4.69, 9.17) is 9.72 Å². The van der Waals surface area contributed by atoms with Gasteiger partial charge in [-0.1, -0.05) is 0 Å². The van der Waals surface area contributed by atoms with Crippen molar-refractivity contribution in [2.45, 2.75) is 52.4 Å². The van der Waals surface area contributed by atoms with E-state index in [0.29, 0.717) is 22.5 Å². The van der Waals surface area contributed by atoms with E-state index in [9.17, 15) is 14.0 Å². The first-order valence-electron chi connectivity index (χ1n) is 11.9. The van der Waals surface area contributed by atoms with E-state index in [1.54, 1.807) is 0 Å². The Balaban J connectivity index is 1.87. The number of anilines is 1. The highest BCUT2D eigenvalue weighted by atomic mass is 19.1. The summed E-state index contributed by atoms with van der Waals surface area (Å²) in [6.07, 6.45) is 0. The number of aromatic nitrogens is 2. The minimum Gasteiger partial charge on any atom is -0.494 e. The summed E-state index contributed by atoms with van der Waals surface area (Å²) < 4.78 is 20.5. The lowest BCUT2D eigenvalue weighted by Crippen LogP contribution is -2.54. The maximum Gasteiger partial charge on any atom is 0.262 e. The van der Waals surface area contributed by atoms with E-state index in [1.165, 1.54) is 29.9 Å². The number of halogens is 1. The molecule has 9 heteroatoms. The monoisotopic (exact) mass is 481 g/mol. The number of nitrogens with zero attached hydrogens (tertiary/aromatic N) is 3. The summed E-state index contributed by atoms with van der Waals surface area (Å²) in [7, 11) is 1.37. The molecule has 1 saturated heterocycles. The summed E-state index contributed by atoms with van der Waals surface area (Å²) in [5.41, 5.74) is 1.60. The van der Waals surface area contributed by atoms with Crippen LogP contribution < -0.4 is 25.8 Å². The fourth-order valence-electron chi connectivity index (χ4n) is 4.45. The van der Waals surface area contributed by atoms with Crippen LogP contribution in [0.4, 0.5) is 10.1 Å². The van der Waals surface area contributed by atoms with Crippen LogP contribution in [0.15, 0.2) is 41.2 Å². The third-order valence-electron chi connectivity index (χ3n) is 6.19. The minimum atomic E-state index is -0.521. The smallest absolute Gasteiger partial charge is 0.262 e. The fourth-order valence-corrected chi connectivity index (χ4v) is 4.45. The first-order valence-corrected chi connectivity index (χ1v) is 11.9. The van der Waals surface area contributed by atoms with Gasteiger partial charge in [-0.05, 0) is 64.1 Å². The Bertz CT molecular complexity index is 1310. The minimum absolute atomic E-state index is 0.0344. The highest BCUT2D eigenvalue weighted by molar-refractivity contribution is 5.85. The third-order valence-corrected chi connectivity index (χ3v) is 6.19. The Morgan fingerprint density at radius 3 is 2.74 bits per heavy atom. The number of benzene rings is 2. The molecular weight excluding hydrogens is 449 g/mol. The molecule has 8 nitrogen and oxygen atoms in total. The number of carbonyl (C=O) groups excluding carboxylic acids is 1. The number of rotatable bonds is 6. The summed E-state index contributed by atoms with van der Waals surface area (Å²) in [4.78, 5) is 33.4.